The molecule has 0 atom stereocenters. The summed E-state index contributed by atoms with van der Waals surface area (Å²) in [6.45, 7) is 5.73. The van der Waals surface area contributed by atoms with Gasteiger partial charge < -0.3 is 9.47 Å². The molecule has 0 fully saturated rings. The van der Waals surface area contributed by atoms with Crippen molar-refractivity contribution in [1.29, 1.82) is 0 Å². The molecule has 0 aliphatic carbocycles. The Morgan fingerprint density at radius 3 is 2.60 bits per heavy atom. The number of fused-ring (bicyclic) bond motifs is 1. The van der Waals surface area contributed by atoms with Gasteiger partial charge in [0.15, 0.2) is 0 Å². The Labute approximate surface area is 187 Å². The van der Waals surface area contributed by atoms with E-state index in [2.05, 4.69) is 45.3 Å². The van der Waals surface area contributed by atoms with Crippen molar-refractivity contribution in [1.82, 2.24) is 29.7 Å². The molecule has 1 aliphatic heterocycles. The van der Waals surface area contributed by atoms with Gasteiger partial charge in [0, 0.05) is 29.3 Å². The van der Waals surface area contributed by atoms with Crippen LogP contribution < -0.4 is 5.56 Å². The molecule has 0 saturated heterocycles. The highest BCUT2D eigenvalue weighted by Gasteiger charge is 2.22. The second-order valence-electron chi connectivity index (χ2n) is 6.67. The number of tetrazole rings is 1. The third-order valence-corrected chi connectivity index (χ3v) is 5.71. The summed E-state index contributed by atoms with van der Waals surface area (Å²) in [5, 5.41) is 12.3. The van der Waals surface area contributed by atoms with Gasteiger partial charge in [-0.3, -0.25) is 9.59 Å². The van der Waals surface area contributed by atoms with Gasteiger partial charge in [0.25, 0.3) is 5.56 Å². The van der Waals surface area contributed by atoms with Crippen molar-refractivity contribution in [2.75, 3.05) is 12.3 Å². The SMILES string of the molecule is CCC.O=C(CSc1nnnn1-c1ccc(Br)cc1)N1CCn2c(cccc2=O)C1. The van der Waals surface area contributed by atoms with Gasteiger partial charge in [-0.05, 0) is 40.8 Å². The molecule has 0 radical (unpaired) electrons. The lowest BCUT2D eigenvalue weighted by molar-refractivity contribution is -0.129. The highest BCUT2D eigenvalue weighted by atomic mass is 79.9. The van der Waals surface area contributed by atoms with Gasteiger partial charge in [0.05, 0.1) is 18.0 Å². The van der Waals surface area contributed by atoms with Gasteiger partial charge in [-0.1, -0.05) is 54.0 Å². The Balaban J connectivity index is 0.000000806. The van der Waals surface area contributed by atoms with E-state index in [4.69, 9.17) is 0 Å². The summed E-state index contributed by atoms with van der Waals surface area (Å²) in [5.74, 6) is 0.224. The van der Waals surface area contributed by atoms with E-state index in [1.807, 2.05) is 30.3 Å². The summed E-state index contributed by atoms with van der Waals surface area (Å²) in [6, 6.07) is 12.7. The van der Waals surface area contributed by atoms with Crippen LogP contribution in [0.2, 0.25) is 0 Å². The molecule has 1 aliphatic rings. The number of carbonyl (C=O) groups is 1. The summed E-state index contributed by atoms with van der Waals surface area (Å²) in [4.78, 5) is 26.2. The van der Waals surface area contributed by atoms with Crippen molar-refractivity contribution >= 4 is 33.6 Å². The quantitative estimate of drug-likeness (QED) is 0.522. The largest absolute Gasteiger partial charge is 0.334 e. The molecule has 30 heavy (non-hydrogen) atoms. The van der Waals surface area contributed by atoms with E-state index in [-0.39, 0.29) is 17.2 Å². The van der Waals surface area contributed by atoms with Crippen LogP contribution in [0, 0.1) is 0 Å². The van der Waals surface area contributed by atoms with E-state index in [1.165, 1.54) is 18.2 Å². The molecule has 0 unspecified atom stereocenters. The topological polar surface area (TPSA) is 85.9 Å². The fourth-order valence-electron chi connectivity index (χ4n) is 2.89. The third-order valence-electron chi connectivity index (χ3n) is 4.28. The standard InChI is InChI=1S/C17H15BrN6O2S.C3H8/c18-12-4-6-13(7-5-12)24-17(19-20-21-24)27-11-16(26)22-8-9-23-14(10-22)2-1-3-15(23)25;1-3-2/h1-7H,8-11H2;3H2,1-2H3. The van der Waals surface area contributed by atoms with Gasteiger partial charge >= 0.3 is 0 Å². The van der Waals surface area contributed by atoms with Crippen LogP contribution in [0.3, 0.4) is 0 Å². The van der Waals surface area contributed by atoms with Crippen molar-refractivity contribution in [3.63, 3.8) is 0 Å². The lowest BCUT2D eigenvalue weighted by Gasteiger charge is -2.29. The molecule has 10 heteroatoms. The average molecular weight is 491 g/mol. The van der Waals surface area contributed by atoms with Crippen molar-refractivity contribution in [2.45, 2.75) is 38.5 Å². The molecule has 0 bridgehead atoms. The zero-order chi connectivity index (χ0) is 21.5. The van der Waals surface area contributed by atoms with E-state index in [9.17, 15) is 9.59 Å². The predicted octanol–water partition coefficient (Wildman–Crippen LogP) is 3.14. The highest BCUT2D eigenvalue weighted by Crippen LogP contribution is 2.21. The maximum absolute atomic E-state index is 12.6. The maximum atomic E-state index is 12.6. The molecular weight excluding hydrogens is 468 g/mol. The van der Waals surface area contributed by atoms with E-state index < -0.39 is 0 Å². The monoisotopic (exact) mass is 490 g/mol. The maximum Gasteiger partial charge on any atom is 0.250 e. The van der Waals surface area contributed by atoms with E-state index in [0.29, 0.717) is 24.8 Å². The second kappa shape index (κ2) is 10.5. The molecule has 158 valence electrons. The number of thioether (sulfide) groups is 1. The van der Waals surface area contributed by atoms with Crippen LogP contribution in [0.25, 0.3) is 5.69 Å². The molecule has 8 nitrogen and oxygen atoms in total. The Kier molecular flexibility index (Phi) is 7.81. The normalized spacial score (nSPS) is 12.7. The molecule has 3 aromatic rings. The molecule has 0 N–H and O–H groups in total. The predicted molar refractivity (Wildman–Crippen MR) is 120 cm³/mol. The minimum Gasteiger partial charge on any atom is -0.334 e. The summed E-state index contributed by atoms with van der Waals surface area (Å²) >= 11 is 4.69. The fraction of sp³-hybridized carbons (Fsp3) is 0.350. The number of amides is 1. The first-order valence-corrected chi connectivity index (χ1v) is 11.4. The van der Waals surface area contributed by atoms with E-state index >= 15 is 0 Å². The minimum absolute atomic E-state index is 0.00657. The molecule has 2 aromatic heterocycles. The highest BCUT2D eigenvalue weighted by molar-refractivity contribution is 9.10. The number of nitrogens with zero attached hydrogens (tertiary/aromatic N) is 6. The third kappa shape index (κ3) is 5.37. The first kappa shape index (κ1) is 22.2. The summed E-state index contributed by atoms with van der Waals surface area (Å²) < 4.78 is 4.29. The van der Waals surface area contributed by atoms with Crippen LogP contribution in [-0.4, -0.2) is 47.9 Å². The summed E-state index contributed by atoms with van der Waals surface area (Å²) in [5.41, 5.74) is 1.65. The Hall–Kier alpha value is -2.46. The van der Waals surface area contributed by atoms with Crippen molar-refractivity contribution in [2.24, 2.45) is 0 Å². The first-order valence-electron chi connectivity index (χ1n) is 9.67. The van der Waals surface area contributed by atoms with Crippen LogP contribution in [0.15, 0.2) is 56.9 Å². The van der Waals surface area contributed by atoms with Crippen LogP contribution in [0.5, 0.6) is 0 Å². The molecular formula is C20H23BrN6O2S. The summed E-state index contributed by atoms with van der Waals surface area (Å²) in [7, 11) is 0. The number of benzene rings is 1. The summed E-state index contributed by atoms with van der Waals surface area (Å²) in [6.07, 6.45) is 1.25. The number of aromatic nitrogens is 5. The van der Waals surface area contributed by atoms with Gasteiger partial charge in [0.1, 0.15) is 0 Å². The van der Waals surface area contributed by atoms with Crippen molar-refractivity contribution in [3.8, 4) is 5.69 Å². The Morgan fingerprint density at radius 1 is 1.13 bits per heavy atom. The van der Waals surface area contributed by atoms with Crippen LogP contribution in [0.4, 0.5) is 0 Å². The van der Waals surface area contributed by atoms with E-state index in [1.54, 1.807) is 26.3 Å². The van der Waals surface area contributed by atoms with Gasteiger partial charge in [-0.2, -0.15) is 4.68 Å². The molecule has 1 aromatic carbocycles. The van der Waals surface area contributed by atoms with Crippen molar-refractivity contribution in [3.05, 3.63) is 63.0 Å². The number of halogens is 1. The van der Waals surface area contributed by atoms with Gasteiger partial charge in [-0.25, -0.2) is 0 Å². The molecule has 0 saturated carbocycles. The Morgan fingerprint density at radius 2 is 1.87 bits per heavy atom. The number of hydrogen-bond acceptors (Lipinski definition) is 6. The number of carbonyl (C=O) groups excluding carboxylic acids is 1. The van der Waals surface area contributed by atoms with Gasteiger partial charge in [0.2, 0.25) is 11.1 Å². The van der Waals surface area contributed by atoms with Crippen molar-refractivity contribution < 1.29 is 4.79 Å². The minimum atomic E-state index is -0.0253. The fourth-order valence-corrected chi connectivity index (χ4v) is 3.95. The first-order chi connectivity index (χ1) is 14.5. The van der Waals surface area contributed by atoms with Crippen LogP contribution in [-0.2, 0) is 17.9 Å². The zero-order valence-electron chi connectivity index (χ0n) is 16.9. The van der Waals surface area contributed by atoms with Crippen LogP contribution in [0.1, 0.15) is 26.0 Å². The molecule has 3 heterocycles. The smallest absolute Gasteiger partial charge is 0.250 e. The molecule has 0 spiro atoms. The average Bonchev–Trinajstić information content (AvgIpc) is 3.22. The van der Waals surface area contributed by atoms with Gasteiger partial charge in [-0.15, -0.1) is 5.10 Å². The lowest BCUT2D eigenvalue weighted by atomic mass is 10.2. The Bertz CT molecular complexity index is 1050. The van der Waals surface area contributed by atoms with E-state index in [0.717, 1.165) is 15.9 Å². The molecule has 4 rings (SSSR count). The lowest BCUT2D eigenvalue weighted by Crippen LogP contribution is -2.42. The second-order valence-corrected chi connectivity index (χ2v) is 8.53. The number of pyridine rings is 1. The van der Waals surface area contributed by atoms with Crippen LogP contribution >= 0.6 is 27.7 Å². The number of hydrogen-bond donors (Lipinski definition) is 0. The molecule has 1 amide bonds. The number of rotatable bonds is 4. The zero-order valence-corrected chi connectivity index (χ0v) is 19.3.